The molecule has 132 valence electrons. The third-order valence-corrected chi connectivity index (χ3v) is 3.81. The number of aliphatic hydroxyl groups is 2. The number of hydrogen-bond donors (Lipinski definition) is 3. The van der Waals surface area contributed by atoms with E-state index in [0.717, 1.165) is 0 Å². The SMILES string of the molecule is COc1cc2ncc(-c3cc(F)nc(NCCCO)c3)n2cc1CO. The average molecular weight is 346 g/mol. The van der Waals surface area contributed by atoms with Gasteiger partial charge in [0.25, 0.3) is 0 Å². The molecular formula is C17H19FN4O3. The summed E-state index contributed by atoms with van der Waals surface area (Å²) in [7, 11) is 1.53. The molecule has 3 rings (SSSR count). The Morgan fingerprint density at radius 2 is 2.12 bits per heavy atom. The van der Waals surface area contributed by atoms with Crippen LogP contribution in [0.25, 0.3) is 16.9 Å². The van der Waals surface area contributed by atoms with Gasteiger partial charge in [-0.15, -0.1) is 0 Å². The molecule has 0 aliphatic carbocycles. The first-order valence-electron chi connectivity index (χ1n) is 7.83. The van der Waals surface area contributed by atoms with Crippen LogP contribution in [0, 0.1) is 5.95 Å². The molecule has 0 bridgehead atoms. The highest BCUT2D eigenvalue weighted by Crippen LogP contribution is 2.27. The Labute approximate surface area is 143 Å². The molecule has 3 heterocycles. The number of methoxy groups -OCH3 is 1. The summed E-state index contributed by atoms with van der Waals surface area (Å²) in [5.74, 6) is 0.309. The number of nitrogens with one attached hydrogen (secondary N) is 1. The van der Waals surface area contributed by atoms with Crippen LogP contribution >= 0.6 is 0 Å². The van der Waals surface area contributed by atoms with E-state index < -0.39 is 5.95 Å². The number of imidazole rings is 1. The summed E-state index contributed by atoms with van der Waals surface area (Å²) >= 11 is 0. The maximum absolute atomic E-state index is 13.9. The van der Waals surface area contributed by atoms with Crippen molar-refractivity contribution >= 4 is 11.5 Å². The molecule has 0 aliphatic rings. The second-order valence-electron chi connectivity index (χ2n) is 5.46. The Morgan fingerprint density at radius 3 is 2.84 bits per heavy atom. The van der Waals surface area contributed by atoms with Gasteiger partial charge in [-0.25, -0.2) is 9.97 Å². The number of aliphatic hydroxyl groups excluding tert-OH is 2. The third kappa shape index (κ3) is 3.54. The zero-order chi connectivity index (χ0) is 17.8. The first kappa shape index (κ1) is 17.1. The summed E-state index contributed by atoms with van der Waals surface area (Å²) in [4.78, 5) is 8.13. The van der Waals surface area contributed by atoms with Crippen molar-refractivity contribution < 1.29 is 19.3 Å². The third-order valence-electron chi connectivity index (χ3n) is 3.81. The van der Waals surface area contributed by atoms with Crippen molar-refractivity contribution in [2.45, 2.75) is 13.0 Å². The Balaban J connectivity index is 2.04. The molecule has 0 saturated heterocycles. The molecule has 8 heteroatoms. The number of hydrogen-bond acceptors (Lipinski definition) is 6. The molecule has 0 unspecified atom stereocenters. The number of pyridine rings is 2. The Kier molecular flexibility index (Phi) is 5.11. The monoisotopic (exact) mass is 346 g/mol. The fraction of sp³-hybridized carbons (Fsp3) is 0.294. The van der Waals surface area contributed by atoms with Crippen LogP contribution in [0.15, 0.2) is 30.6 Å². The second-order valence-corrected chi connectivity index (χ2v) is 5.46. The van der Waals surface area contributed by atoms with Crippen LogP contribution in [-0.4, -0.2) is 44.8 Å². The van der Waals surface area contributed by atoms with E-state index in [9.17, 15) is 9.50 Å². The first-order chi connectivity index (χ1) is 12.2. The first-order valence-corrected chi connectivity index (χ1v) is 7.83. The maximum Gasteiger partial charge on any atom is 0.215 e. The van der Waals surface area contributed by atoms with E-state index in [1.807, 2.05) is 0 Å². The van der Waals surface area contributed by atoms with Gasteiger partial charge in [0.1, 0.15) is 17.2 Å². The molecule has 7 nitrogen and oxygen atoms in total. The van der Waals surface area contributed by atoms with Crippen LogP contribution in [0.3, 0.4) is 0 Å². The minimum absolute atomic E-state index is 0.0498. The van der Waals surface area contributed by atoms with Crippen LogP contribution in [0.4, 0.5) is 10.2 Å². The predicted molar refractivity (Wildman–Crippen MR) is 91.0 cm³/mol. The fourth-order valence-corrected chi connectivity index (χ4v) is 2.60. The number of aromatic nitrogens is 3. The fourth-order valence-electron chi connectivity index (χ4n) is 2.60. The van der Waals surface area contributed by atoms with Crippen LogP contribution in [-0.2, 0) is 6.61 Å². The Bertz CT molecular complexity index is 882. The highest BCUT2D eigenvalue weighted by atomic mass is 19.1. The second kappa shape index (κ2) is 7.45. The molecule has 3 aromatic rings. The topological polar surface area (TPSA) is 91.9 Å². The van der Waals surface area contributed by atoms with Crippen molar-refractivity contribution in [3.05, 3.63) is 42.1 Å². The molecule has 0 atom stereocenters. The summed E-state index contributed by atoms with van der Waals surface area (Å²) in [6.45, 7) is 0.356. The van der Waals surface area contributed by atoms with Gasteiger partial charge in [0, 0.05) is 42.6 Å². The number of ether oxygens (including phenoxy) is 1. The molecule has 0 spiro atoms. The van der Waals surface area contributed by atoms with Crippen molar-refractivity contribution in [3.8, 4) is 17.0 Å². The predicted octanol–water partition coefficient (Wildman–Crippen LogP) is 1.83. The van der Waals surface area contributed by atoms with Crippen molar-refractivity contribution in [2.75, 3.05) is 25.6 Å². The average Bonchev–Trinajstić information content (AvgIpc) is 3.03. The zero-order valence-electron chi connectivity index (χ0n) is 13.7. The van der Waals surface area contributed by atoms with E-state index >= 15 is 0 Å². The van der Waals surface area contributed by atoms with Gasteiger partial charge in [0.15, 0.2) is 0 Å². The van der Waals surface area contributed by atoms with E-state index in [0.29, 0.717) is 47.0 Å². The summed E-state index contributed by atoms with van der Waals surface area (Å²) in [5.41, 5.74) is 2.49. The maximum atomic E-state index is 13.9. The van der Waals surface area contributed by atoms with Crippen LogP contribution < -0.4 is 10.1 Å². The van der Waals surface area contributed by atoms with E-state index in [1.165, 1.54) is 13.2 Å². The molecule has 0 fully saturated rings. The lowest BCUT2D eigenvalue weighted by Gasteiger charge is -2.10. The number of halogens is 1. The van der Waals surface area contributed by atoms with Gasteiger partial charge in [0.2, 0.25) is 5.95 Å². The largest absolute Gasteiger partial charge is 0.496 e. The minimum Gasteiger partial charge on any atom is -0.496 e. The van der Waals surface area contributed by atoms with E-state index in [2.05, 4.69) is 15.3 Å². The molecule has 0 amide bonds. The van der Waals surface area contributed by atoms with Gasteiger partial charge in [-0.3, -0.25) is 4.40 Å². The molecule has 0 aromatic carbocycles. The summed E-state index contributed by atoms with van der Waals surface area (Å²) in [6, 6.07) is 4.75. The van der Waals surface area contributed by atoms with Crippen LogP contribution in [0.1, 0.15) is 12.0 Å². The van der Waals surface area contributed by atoms with Crippen molar-refractivity contribution in [3.63, 3.8) is 0 Å². The van der Waals surface area contributed by atoms with Crippen LogP contribution in [0.2, 0.25) is 0 Å². The smallest absolute Gasteiger partial charge is 0.215 e. The van der Waals surface area contributed by atoms with E-state index in [-0.39, 0.29) is 13.2 Å². The Morgan fingerprint density at radius 1 is 1.28 bits per heavy atom. The van der Waals surface area contributed by atoms with Crippen molar-refractivity contribution in [2.24, 2.45) is 0 Å². The van der Waals surface area contributed by atoms with Crippen molar-refractivity contribution in [1.29, 1.82) is 0 Å². The Hall–Kier alpha value is -2.71. The quantitative estimate of drug-likeness (QED) is 0.447. The van der Waals surface area contributed by atoms with Gasteiger partial charge < -0.3 is 20.3 Å². The van der Waals surface area contributed by atoms with Gasteiger partial charge in [-0.2, -0.15) is 4.39 Å². The lowest BCUT2D eigenvalue weighted by atomic mass is 10.2. The summed E-state index contributed by atoms with van der Waals surface area (Å²) in [5, 5.41) is 21.3. The standard InChI is InChI=1S/C17H19FN4O3/c1-25-14-7-17-20-8-13(22(17)9-12(14)10-24)11-5-15(18)21-16(6-11)19-3-2-4-23/h5-9,23-24H,2-4,10H2,1H3,(H,19,21). The van der Waals surface area contributed by atoms with Gasteiger partial charge >= 0.3 is 0 Å². The van der Waals surface area contributed by atoms with Gasteiger partial charge in [-0.05, 0) is 12.5 Å². The highest BCUT2D eigenvalue weighted by Gasteiger charge is 2.13. The molecule has 3 aromatic heterocycles. The lowest BCUT2D eigenvalue weighted by Crippen LogP contribution is -2.06. The lowest BCUT2D eigenvalue weighted by molar-refractivity contribution is 0.273. The number of anilines is 1. The molecule has 25 heavy (non-hydrogen) atoms. The molecule has 0 aliphatic heterocycles. The normalized spacial score (nSPS) is 11.0. The number of rotatable bonds is 7. The van der Waals surface area contributed by atoms with Gasteiger partial charge in [-0.1, -0.05) is 0 Å². The summed E-state index contributed by atoms with van der Waals surface area (Å²) in [6.07, 6.45) is 3.89. The van der Waals surface area contributed by atoms with E-state index in [1.54, 1.807) is 28.9 Å². The molecular weight excluding hydrogens is 327 g/mol. The summed E-state index contributed by atoms with van der Waals surface area (Å²) < 4.78 is 20.9. The zero-order valence-corrected chi connectivity index (χ0v) is 13.7. The molecule has 0 radical (unpaired) electrons. The molecule has 0 saturated carbocycles. The molecule has 3 N–H and O–H groups in total. The van der Waals surface area contributed by atoms with Crippen molar-refractivity contribution in [1.82, 2.24) is 14.4 Å². The highest BCUT2D eigenvalue weighted by molar-refractivity contribution is 5.67. The number of fused-ring (bicyclic) bond motifs is 1. The minimum atomic E-state index is -0.616. The van der Waals surface area contributed by atoms with E-state index in [4.69, 9.17) is 9.84 Å². The number of nitrogens with zero attached hydrogens (tertiary/aromatic N) is 3. The van der Waals surface area contributed by atoms with Gasteiger partial charge in [0.05, 0.1) is 25.6 Å². The van der Waals surface area contributed by atoms with Crippen LogP contribution in [0.5, 0.6) is 5.75 Å².